The van der Waals surface area contributed by atoms with Gasteiger partial charge in [0.2, 0.25) is 5.91 Å². The minimum atomic E-state index is -0.00932. The highest BCUT2D eigenvalue weighted by molar-refractivity contribution is 7.15. The molecule has 1 unspecified atom stereocenters. The first-order valence-electron chi connectivity index (χ1n) is 8.17. The van der Waals surface area contributed by atoms with Crippen LogP contribution in [-0.2, 0) is 11.2 Å². The fourth-order valence-electron chi connectivity index (χ4n) is 2.81. The van der Waals surface area contributed by atoms with E-state index in [-0.39, 0.29) is 5.91 Å². The minimum absolute atomic E-state index is 0.00932. The van der Waals surface area contributed by atoms with Crippen molar-refractivity contribution >= 4 is 22.4 Å². The molecule has 0 spiro atoms. The van der Waals surface area contributed by atoms with Gasteiger partial charge < -0.3 is 10.6 Å². The molecule has 1 saturated heterocycles. The molecule has 0 radical (unpaired) electrons. The number of carbonyl (C=O) groups excluding carboxylic acids is 1. The van der Waals surface area contributed by atoms with Crippen LogP contribution in [0.25, 0.3) is 0 Å². The SMILES string of the molecule is CC(C)c1cnc(NC(=O)Cc2ccc(C3CCNC3)cc2)s1. The fraction of sp³-hybridized carbons (Fsp3) is 0.444. The normalized spacial score (nSPS) is 17.6. The van der Waals surface area contributed by atoms with Gasteiger partial charge in [-0.1, -0.05) is 38.1 Å². The molecule has 1 amide bonds. The van der Waals surface area contributed by atoms with Crippen LogP contribution in [0.2, 0.25) is 0 Å². The molecule has 0 saturated carbocycles. The molecule has 0 bridgehead atoms. The van der Waals surface area contributed by atoms with Crippen LogP contribution in [0.3, 0.4) is 0 Å². The predicted molar refractivity (Wildman–Crippen MR) is 95.2 cm³/mol. The van der Waals surface area contributed by atoms with Crippen molar-refractivity contribution in [2.75, 3.05) is 18.4 Å². The van der Waals surface area contributed by atoms with Crippen molar-refractivity contribution in [3.05, 3.63) is 46.5 Å². The minimum Gasteiger partial charge on any atom is -0.316 e. The number of aromatic nitrogens is 1. The van der Waals surface area contributed by atoms with E-state index in [1.807, 2.05) is 6.20 Å². The van der Waals surface area contributed by atoms with E-state index in [0.717, 1.165) is 18.7 Å². The topological polar surface area (TPSA) is 54.0 Å². The van der Waals surface area contributed by atoms with Crippen molar-refractivity contribution < 1.29 is 4.79 Å². The number of amides is 1. The maximum Gasteiger partial charge on any atom is 0.230 e. The summed E-state index contributed by atoms with van der Waals surface area (Å²) in [4.78, 5) is 17.6. The molecule has 1 aliphatic heterocycles. The van der Waals surface area contributed by atoms with E-state index in [0.29, 0.717) is 23.4 Å². The van der Waals surface area contributed by atoms with Crippen molar-refractivity contribution in [3.63, 3.8) is 0 Å². The zero-order valence-corrected chi connectivity index (χ0v) is 14.5. The summed E-state index contributed by atoms with van der Waals surface area (Å²) in [5.74, 6) is 1.04. The molecule has 0 aliphatic carbocycles. The Kier molecular flexibility index (Phi) is 5.08. The zero-order chi connectivity index (χ0) is 16.2. The molecule has 1 aromatic carbocycles. The van der Waals surface area contributed by atoms with E-state index < -0.39 is 0 Å². The van der Waals surface area contributed by atoms with Crippen LogP contribution in [0, 0.1) is 0 Å². The Balaban J connectivity index is 1.56. The monoisotopic (exact) mass is 329 g/mol. The number of thiazole rings is 1. The number of nitrogens with zero attached hydrogens (tertiary/aromatic N) is 1. The predicted octanol–water partition coefficient (Wildman–Crippen LogP) is 3.52. The van der Waals surface area contributed by atoms with Gasteiger partial charge in [0.1, 0.15) is 0 Å². The smallest absolute Gasteiger partial charge is 0.230 e. The van der Waals surface area contributed by atoms with Crippen molar-refractivity contribution in [3.8, 4) is 0 Å². The standard InChI is InChI=1S/C18H23N3OS/c1-12(2)16-11-20-18(23-16)21-17(22)9-13-3-5-14(6-4-13)15-7-8-19-10-15/h3-6,11-12,15,19H,7-10H2,1-2H3,(H,20,21,22). The van der Waals surface area contributed by atoms with E-state index in [4.69, 9.17) is 0 Å². The van der Waals surface area contributed by atoms with Gasteiger partial charge in [-0.3, -0.25) is 4.79 Å². The van der Waals surface area contributed by atoms with Gasteiger partial charge in [0, 0.05) is 17.6 Å². The van der Waals surface area contributed by atoms with Gasteiger partial charge >= 0.3 is 0 Å². The molecule has 5 heteroatoms. The molecule has 2 aromatic rings. The van der Waals surface area contributed by atoms with Gasteiger partial charge in [-0.05, 0) is 35.9 Å². The van der Waals surface area contributed by atoms with Crippen LogP contribution < -0.4 is 10.6 Å². The quantitative estimate of drug-likeness (QED) is 0.882. The zero-order valence-electron chi connectivity index (χ0n) is 13.6. The number of anilines is 1. The van der Waals surface area contributed by atoms with Crippen LogP contribution in [-0.4, -0.2) is 24.0 Å². The molecule has 3 rings (SSSR count). The lowest BCUT2D eigenvalue weighted by molar-refractivity contribution is -0.115. The van der Waals surface area contributed by atoms with Gasteiger partial charge in [0.05, 0.1) is 6.42 Å². The molecule has 1 aliphatic rings. The third-order valence-corrected chi connectivity index (χ3v) is 5.43. The largest absolute Gasteiger partial charge is 0.316 e. The molecular weight excluding hydrogens is 306 g/mol. The molecule has 122 valence electrons. The third kappa shape index (κ3) is 4.18. The number of carbonyl (C=O) groups is 1. The maximum absolute atomic E-state index is 12.1. The van der Waals surface area contributed by atoms with Crippen LogP contribution >= 0.6 is 11.3 Å². The molecule has 1 aromatic heterocycles. The Morgan fingerprint density at radius 3 is 2.78 bits per heavy atom. The summed E-state index contributed by atoms with van der Waals surface area (Å²) >= 11 is 1.55. The molecular formula is C18H23N3OS. The first-order chi connectivity index (χ1) is 11.1. The van der Waals surface area contributed by atoms with Crippen molar-refractivity contribution in [2.45, 2.75) is 38.5 Å². The van der Waals surface area contributed by atoms with Crippen LogP contribution in [0.1, 0.15) is 48.1 Å². The Morgan fingerprint density at radius 2 is 2.17 bits per heavy atom. The number of rotatable bonds is 5. The van der Waals surface area contributed by atoms with Gasteiger partial charge in [-0.2, -0.15) is 0 Å². The van der Waals surface area contributed by atoms with Crippen molar-refractivity contribution in [2.24, 2.45) is 0 Å². The second-order valence-corrected chi connectivity index (χ2v) is 7.44. The lowest BCUT2D eigenvalue weighted by Crippen LogP contribution is -2.14. The van der Waals surface area contributed by atoms with E-state index in [9.17, 15) is 4.79 Å². The summed E-state index contributed by atoms with van der Waals surface area (Å²) in [6, 6.07) is 8.43. The highest BCUT2D eigenvalue weighted by atomic mass is 32.1. The summed E-state index contributed by atoms with van der Waals surface area (Å²) in [6.07, 6.45) is 3.43. The average Bonchev–Trinajstić information content (AvgIpc) is 3.19. The average molecular weight is 329 g/mol. The highest BCUT2D eigenvalue weighted by Gasteiger charge is 2.16. The Morgan fingerprint density at radius 1 is 1.39 bits per heavy atom. The van der Waals surface area contributed by atoms with E-state index >= 15 is 0 Å². The molecule has 1 fully saturated rings. The van der Waals surface area contributed by atoms with E-state index in [1.165, 1.54) is 16.9 Å². The lowest BCUT2D eigenvalue weighted by atomic mass is 9.97. The third-order valence-electron chi connectivity index (χ3n) is 4.22. The number of benzene rings is 1. The Hall–Kier alpha value is -1.72. The van der Waals surface area contributed by atoms with Crippen LogP contribution in [0.5, 0.6) is 0 Å². The molecule has 2 N–H and O–H groups in total. The molecule has 1 atom stereocenters. The second-order valence-electron chi connectivity index (χ2n) is 6.38. The number of hydrogen-bond acceptors (Lipinski definition) is 4. The number of hydrogen-bond donors (Lipinski definition) is 2. The highest BCUT2D eigenvalue weighted by Crippen LogP contribution is 2.25. The van der Waals surface area contributed by atoms with Gasteiger partial charge in [-0.25, -0.2) is 4.98 Å². The molecule has 4 nitrogen and oxygen atoms in total. The van der Waals surface area contributed by atoms with Gasteiger partial charge in [0.15, 0.2) is 5.13 Å². The van der Waals surface area contributed by atoms with E-state index in [2.05, 4.69) is 53.7 Å². The van der Waals surface area contributed by atoms with Crippen LogP contribution in [0.15, 0.2) is 30.5 Å². The number of nitrogens with one attached hydrogen (secondary N) is 2. The van der Waals surface area contributed by atoms with Crippen molar-refractivity contribution in [1.29, 1.82) is 0 Å². The summed E-state index contributed by atoms with van der Waals surface area (Å²) < 4.78 is 0. The van der Waals surface area contributed by atoms with Gasteiger partial charge in [-0.15, -0.1) is 11.3 Å². The summed E-state index contributed by atoms with van der Waals surface area (Å²) in [6.45, 7) is 6.41. The van der Waals surface area contributed by atoms with Crippen LogP contribution in [0.4, 0.5) is 5.13 Å². The Bertz CT molecular complexity index is 657. The Labute approximate surface area is 141 Å². The molecule has 23 heavy (non-hydrogen) atoms. The summed E-state index contributed by atoms with van der Waals surface area (Å²) in [5.41, 5.74) is 2.40. The van der Waals surface area contributed by atoms with E-state index in [1.54, 1.807) is 11.3 Å². The fourth-order valence-corrected chi connectivity index (χ4v) is 3.64. The maximum atomic E-state index is 12.1. The van der Waals surface area contributed by atoms with Crippen molar-refractivity contribution in [1.82, 2.24) is 10.3 Å². The summed E-state index contributed by atoms with van der Waals surface area (Å²) in [7, 11) is 0. The van der Waals surface area contributed by atoms with Gasteiger partial charge in [0.25, 0.3) is 0 Å². The first-order valence-corrected chi connectivity index (χ1v) is 8.98. The second kappa shape index (κ2) is 7.23. The molecule has 2 heterocycles. The lowest BCUT2D eigenvalue weighted by Gasteiger charge is -2.09. The summed E-state index contributed by atoms with van der Waals surface area (Å²) in [5, 5.41) is 6.97. The first kappa shape index (κ1) is 16.1.